The van der Waals surface area contributed by atoms with E-state index in [1.165, 1.54) is 5.56 Å². The number of benzene rings is 1. The van der Waals surface area contributed by atoms with Crippen LogP contribution < -0.4 is 5.32 Å². The summed E-state index contributed by atoms with van der Waals surface area (Å²) in [5.74, 6) is 0.952. The van der Waals surface area contributed by atoms with Crippen molar-refractivity contribution in [3.63, 3.8) is 0 Å². The number of carbonyl (C=O) groups is 1. The van der Waals surface area contributed by atoms with Gasteiger partial charge in [-0.3, -0.25) is 4.79 Å². The van der Waals surface area contributed by atoms with E-state index in [-0.39, 0.29) is 17.9 Å². The number of likely N-dealkylation sites (tertiary alicyclic amines) is 1. The zero-order valence-corrected chi connectivity index (χ0v) is 19.2. The third-order valence-corrected chi connectivity index (χ3v) is 7.89. The van der Waals surface area contributed by atoms with Crippen LogP contribution in [0.4, 0.5) is 0 Å². The van der Waals surface area contributed by atoms with Gasteiger partial charge < -0.3 is 15.0 Å². The molecular weight excluding hydrogens is 414 g/mol. The molecule has 7 nitrogen and oxygen atoms in total. The first-order valence-corrected chi connectivity index (χ1v) is 12.5. The Morgan fingerprint density at radius 1 is 1.16 bits per heavy atom. The summed E-state index contributed by atoms with van der Waals surface area (Å²) in [4.78, 5) is 14.7. The smallest absolute Gasteiger partial charge is 0.285 e. The number of nitrogens with one attached hydrogen (secondary N) is 1. The third kappa shape index (κ3) is 4.55. The summed E-state index contributed by atoms with van der Waals surface area (Å²) in [6.45, 7) is 8.54. The third-order valence-electron chi connectivity index (χ3n) is 6.42. The van der Waals surface area contributed by atoms with Crippen LogP contribution in [0.2, 0.25) is 0 Å². The van der Waals surface area contributed by atoms with Crippen molar-refractivity contribution in [2.24, 2.45) is 10.3 Å². The molecule has 8 heteroatoms. The highest BCUT2D eigenvalue weighted by atomic mass is 32.2. The molecule has 0 aliphatic carbocycles. The number of amides is 1. The summed E-state index contributed by atoms with van der Waals surface area (Å²) in [6, 6.07) is 7.82. The van der Waals surface area contributed by atoms with Crippen LogP contribution in [0, 0.1) is 5.92 Å². The second-order valence-corrected chi connectivity index (χ2v) is 10.5. The van der Waals surface area contributed by atoms with Gasteiger partial charge >= 0.3 is 0 Å². The van der Waals surface area contributed by atoms with Gasteiger partial charge in [-0.15, -0.1) is 4.40 Å². The van der Waals surface area contributed by atoms with Gasteiger partial charge in [0.05, 0.1) is 12.5 Å². The molecule has 0 bridgehead atoms. The van der Waals surface area contributed by atoms with E-state index in [4.69, 9.17) is 4.74 Å². The first kappa shape index (κ1) is 22.0. The molecule has 1 aromatic rings. The molecule has 3 aliphatic rings. The predicted molar refractivity (Wildman–Crippen MR) is 121 cm³/mol. The Kier molecular flexibility index (Phi) is 6.21. The van der Waals surface area contributed by atoms with E-state index in [9.17, 15) is 13.2 Å². The minimum atomic E-state index is -3.72. The lowest BCUT2D eigenvalue weighted by atomic mass is 10.00. The largest absolute Gasteiger partial charge is 0.381 e. The molecular formula is C23H31N3O4S. The predicted octanol–water partition coefficient (Wildman–Crippen LogP) is 2.90. The van der Waals surface area contributed by atoms with E-state index in [0.29, 0.717) is 54.1 Å². The van der Waals surface area contributed by atoms with Crippen LogP contribution in [0.15, 0.2) is 34.2 Å². The second-order valence-electron chi connectivity index (χ2n) is 8.95. The van der Waals surface area contributed by atoms with Crippen molar-refractivity contribution in [1.29, 1.82) is 0 Å². The highest BCUT2D eigenvalue weighted by Crippen LogP contribution is 2.35. The molecule has 3 aliphatic heterocycles. The molecule has 0 aromatic heterocycles. The van der Waals surface area contributed by atoms with Crippen LogP contribution in [0.5, 0.6) is 0 Å². The molecule has 1 aromatic carbocycles. The van der Waals surface area contributed by atoms with Crippen LogP contribution in [-0.2, 0) is 19.6 Å². The average molecular weight is 446 g/mol. The zero-order valence-electron chi connectivity index (χ0n) is 18.4. The second kappa shape index (κ2) is 8.74. The van der Waals surface area contributed by atoms with Crippen molar-refractivity contribution in [2.75, 3.05) is 26.3 Å². The van der Waals surface area contributed by atoms with E-state index >= 15 is 0 Å². The average Bonchev–Trinajstić information content (AvgIpc) is 3.35. The standard InChI is InChI=1S/C23H31N3O4S/c1-15(2)17-4-6-18(7-5-17)21-16(3)22(25-31(21,28)29)26-11-8-20(9-12-26)24-23(27)19-10-13-30-14-19/h4-7,15,19-20H,8-14H2,1-3H3,(H,24,27)/t19-/m1/s1. The molecule has 0 saturated carbocycles. The topological polar surface area (TPSA) is 88.1 Å². The summed E-state index contributed by atoms with van der Waals surface area (Å²) < 4.78 is 35.1. The number of sulfonamides is 1. The molecule has 2 fully saturated rings. The summed E-state index contributed by atoms with van der Waals surface area (Å²) in [6.07, 6.45) is 2.32. The first-order chi connectivity index (χ1) is 14.8. The molecule has 0 unspecified atom stereocenters. The van der Waals surface area contributed by atoms with Gasteiger partial charge in [-0.2, -0.15) is 8.42 Å². The van der Waals surface area contributed by atoms with Crippen molar-refractivity contribution in [2.45, 2.75) is 52.0 Å². The highest BCUT2D eigenvalue weighted by molar-refractivity contribution is 8.00. The summed E-state index contributed by atoms with van der Waals surface area (Å²) in [5, 5.41) is 3.13. The van der Waals surface area contributed by atoms with E-state index in [1.807, 2.05) is 36.1 Å². The maximum Gasteiger partial charge on any atom is 0.285 e. The summed E-state index contributed by atoms with van der Waals surface area (Å²) >= 11 is 0. The van der Waals surface area contributed by atoms with Gasteiger partial charge in [0, 0.05) is 31.3 Å². The van der Waals surface area contributed by atoms with Crippen molar-refractivity contribution in [3.05, 3.63) is 41.0 Å². The lowest BCUT2D eigenvalue weighted by Gasteiger charge is -2.34. The van der Waals surface area contributed by atoms with Gasteiger partial charge in [0.1, 0.15) is 10.7 Å². The maximum atomic E-state index is 12.9. The van der Waals surface area contributed by atoms with Crippen LogP contribution in [0.1, 0.15) is 57.1 Å². The molecule has 31 heavy (non-hydrogen) atoms. The Bertz CT molecular complexity index is 998. The maximum absolute atomic E-state index is 12.9. The van der Waals surface area contributed by atoms with Gasteiger partial charge in [0.2, 0.25) is 5.91 Å². The fourth-order valence-corrected chi connectivity index (χ4v) is 5.98. The van der Waals surface area contributed by atoms with E-state index in [1.54, 1.807) is 0 Å². The SMILES string of the molecule is CC1=C(c2ccc(C(C)C)cc2)S(=O)(=O)N=C1N1CCC(NC(=O)[C@@H]2CCOC2)CC1. The lowest BCUT2D eigenvalue weighted by Crippen LogP contribution is -2.48. The van der Waals surface area contributed by atoms with Crippen LogP contribution in [-0.4, -0.2) is 57.4 Å². The van der Waals surface area contributed by atoms with Gasteiger partial charge in [-0.25, -0.2) is 0 Å². The number of piperidine rings is 1. The number of ether oxygens (including phenoxy) is 1. The van der Waals surface area contributed by atoms with Gasteiger partial charge in [-0.1, -0.05) is 38.1 Å². The van der Waals surface area contributed by atoms with E-state index < -0.39 is 10.0 Å². The van der Waals surface area contributed by atoms with Crippen LogP contribution in [0.25, 0.3) is 4.91 Å². The minimum Gasteiger partial charge on any atom is -0.381 e. The normalized spacial score (nSPS) is 24.1. The minimum absolute atomic E-state index is 0.0443. The van der Waals surface area contributed by atoms with Gasteiger partial charge in [0.15, 0.2) is 0 Å². The molecule has 4 rings (SSSR count). The molecule has 3 heterocycles. The van der Waals surface area contributed by atoms with Crippen LogP contribution >= 0.6 is 0 Å². The van der Waals surface area contributed by atoms with Gasteiger partial charge in [0.25, 0.3) is 10.0 Å². The first-order valence-electron chi connectivity index (χ1n) is 11.1. The Labute approximate surface area is 184 Å². The monoisotopic (exact) mass is 445 g/mol. The number of hydrogen-bond donors (Lipinski definition) is 1. The number of nitrogens with zero attached hydrogens (tertiary/aromatic N) is 2. The fourth-order valence-electron chi connectivity index (χ4n) is 4.50. The number of hydrogen-bond acceptors (Lipinski definition) is 5. The quantitative estimate of drug-likeness (QED) is 0.770. The number of rotatable bonds is 4. The molecule has 168 valence electrons. The molecule has 0 spiro atoms. The number of carbonyl (C=O) groups excluding carboxylic acids is 1. The summed E-state index contributed by atoms with van der Waals surface area (Å²) in [5.41, 5.74) is 2.55. The van der Waals surface area contributed by atoms with Crippen molar-refractivity contribution < 1.29 is 17.9 Å². The summed E-state index contributed by atoms with van der Waals surface area (Å²) in [7, 11) is -3.72. The molecule has 0 radical (unpaired) electrons. The fraction of sp³-hybridized carbons (Fsp3) is 0.565. The van der Waals surface area contributed by atoms with Crippen molar-refractivity contribution in [3.8, 4) is 0 Å². The van der Waals surface area contributed by atoms with Crippen molar-refractivity contribution in [1.82, 2.24) is 10.2 Å². The Morgan fingerprint density at radius 2 is 1.84 bits per heavy atom. The lowest BCUT2D eigenvalue weighted by molar-refractivity contribution is -0.125. The van der Waals surface area contributed by atoms with Crippen molar-refractivity contribution >= 4 is 26.7 Å². The molecule has 1 N–H and O–H groups in total. The highest BCUT2D eigenvalue weighted by Gasteiger charge is 2.35. The molecule has 1 atom stereocenters. The van der Waals surface area contributed by atoms with E-state index in [0.717, 1.165) is 19.3 Å². The Hall–Kier alpha value is -2.19. The molecule has 1 amide bonds. The van der Waals surface area contributed by atoms with E-state index in [2.05, 4.69) is 23.6 Å². The van der Waals surface area contributed by atoms with Gasteiger partial charge in [-0.05, 0) is 43.2 Å². The Balaban J connectivity index is 1.44. The Morgan fingerprint density at radius 3 is 2.42 bits per heavy atom. The molecule has 2 saturated heterocycles. The van der Waals surface area contributed by atoms with Crippen LogP contribution in [0.3, 0.4) is 0 Å². The zero-order chi connectivity index (χ0) is 22.2. The number of amidine groups is 1.